The van der Waals surface area contributed by atoms with Gasteiger partial charge >= 0.3 is 6.18 Å². The predicted molar refractivity (Wildman–Crippen MR) is 52.4 cm³/mol. The zero-order valence-corrected chi connectivity index (χ0v) is 9.01. The minimum atomic E-state index is -4.36. The van der Waals surface area contributed by atoms with Gasteiger partial charge in [-0.2, -0.15) is 13.2 Å². The van der Waals surface area contributed by atoms with Crippen molar-refractivity contribution in [2.24, 2.45) is 5.90 Å². The maximum atomic E-state index is 12.3. The predicted octanol–water partition coefficient (Wildman–Crippen LogP) is 2.27. The maximum Gasteiger partial charge on any atom is 0.417 e. The Morgan fingerprint density at radius 3 is 2.31 bits per heavy atom. The van der Waals surface area contributed by atoms with Gasteiger partial charge in [0.15, 0.2) is 0 Å². The highest BCUT2D eigenvalue weighted by Crippen LogP contribution is 2.30. The molecule has 0 aliphatic carbocycles. The molecule has 0 bridgehead atoms. The van der Waals surface area contributed by atoms with Crippen molar-refractivity contribution in [3.05, 3.63) is 29.6 Å². The van der Waals surface area contributed by atoms with Crippen molar-refractivity contribution in [1.82, 2.24) is 4.98 Å². The average molecular weight is 234 g/mol. The van der Waals surface area contributed by atoms with Crippen molar-refractivity contribution in [3.63, 3.8) is 0 Å². The quantitative estimate of drug-likeness (QED) is 0.816. The Morgan fingerprint density at radius 2 is 1.94 bits per heavy atom. The normalized spacial score (nSPS) is 12.9. The molecule has 90 valence electrons. The van der Waals surface area contributed by atoms with E-state index in [1.807, 2.05) is 0 Å². The molecule has 1 aromatic heterocycles. The first-order valence-electron chi connectivity index (χ1n) is 4.63. The molecule has 0 fully saturated rings. The molecule has 0 saturated carbocycles. The van der Waals surface area contributed by atoms with Crippen LogP contribution < -0.4 is 5.90 Å². The van der Waals surface area contributed by atoms with Crippen molar-refractivity contribution < 1.29 is 18.0 Å². The second kappa shape index (κ2) is 4.39. The van der Waals surface area contributed by atoms with Gasteiger partial charge in [-0.25, -0.2) is 5.90 Å². The van der Waals surface area contributed by atoms with Crippen molar-refractivity contribution in [1.29, 1.82) is 0 Å². The van der Waals surface area contributed by atoms with E-state index >= 15 is 0 Å². The zero-order valence-electron chi connectivity index (χ0n) is 9.01. The second-order valence-electron chi connectivity index (χ2n) is 4.12. The molecule has 0 spiro atoms. The van der Waals surface area contributed by atoms with Gasteiger partial charge in [0.2, 0.25) is 0 Å². The molecule has 0 aliphatic rings. The number of aromatic nitrogens is 1. The minimum absolute atomic E-state index is 0.186. The molecule has 0 amide bonds. The molecule has 16 heavy (non-hydrogen) atoms. The molecule has 0 atom stereocenters. The van der Waals surface area contributed by atoms with E-state index < -0.39 is 17.2 Å². The fourth-order valence-electron chi connectivity index (χ4n) is 1.24. The lowest BCUT2D eigenvalue weighted by atomic mass is 9.90. The molecule has 1 rings (SSSR count). The van der Waals surface area contributed by atoms with Crippen molar-refractivity contribution >= 4 is 0 Å². The largest absolute Gasteiger partial charge is 0.417 e. The molecule has 0 aromatic carbocycles. The summed E-state index contributed by atoms with van der Waals surface area (Å²) in [5.41, 5.74) is -0.773. The van der Waals surface area contributed by atoms with Crippen molar-refractivity contribution in [3.8, 4) is 0 Å². The van der Waals surface area contributed by atoms with Crippen molar-refractivity contribution in [2.75, 3.05) is 6.61 Å². The Bertz CT molecular complexity index is 346. The van der Waals surface area contributed by atoms with E-state index in [-0.39, 0.29) is 6.61 Å². The Kier molecular flexibility index (Phi) is 3.54. The summed E-state index contributed by atoms with van der Waals surface area (Å²) < 4.78 is 36.8. The summed E-state index contributed by atoms with van der Waals surface area (Å²) in [6.45, 7) is 3.76. The van der Waals surface area contributed by atoms with E-state index in [9.17, 15) is 13.2 Å². The third-order valence-electron chi connectivity index (χ3n) is 2.23. The van der Waals surface area contributed by atoms with Crippen LogP contribution in [0.3, 0.4) is 0 Å². The first-order chi connectivity index (χ1) is 7.27. The Labute approximate surface area is 91.4 Å². The van der Waals surface area contributed by atoms with E-state index in [2.05, 4.69) is 9.82 Å². The van der Waals surface area contributed by atoms with Gasteiger partial charge in [0.1, 0.15) is 0 Å². The number of rotatable bonds is 3. The van der Waals surface area contributed by atoms with Gasteiger partial charge < -0.3 is 4.84 Å². The van der Waals surface area contributed by atoms with Gasteiger partial charge in [-0.3, -0.25) is 4.98 Å². The van der Waals surface area contributed by atoms with Crippen LogP contribution in [0.5, 0.6) is 0 Å². The molecule has 0 saturated heterocycles. The molecule has 3 nitrogen and oxygen atoms in total. The molecular weight excluding hydrogens is 221 g/mol. The fraction of sp³-hybridized carbons (Fsp3) is 0.500. The van der Waals surface area contributed by atoms with Crippen LogP contribution >= 0.6 is 0 Å². The van der Waals surface area contributed by atoms with Crippen LogP contribution in [0.25, 0.3) is 0 Å². The Morgan fingerprint density at radius 1 is 1.31 bits per heavy atom. The SMILES string of the molecule is CC(C)(CON)c1ccc(C(F)(F)F)cn1. The second-order valence-corrected chi connectivity index (χ2v) is 4.12. The number of hydrogen-bond acceptors (Lipinski definition) is 3. The topological polar surface area (TPSA) is 48.1 Å². The molecule has 6 heteroatoms. The van der Waals surface area contributed by atoms with E-state index in [0.29, 0.717) is 5.69 Å². The Hall–Kier alpha value is -1.14. The van der Waals surface area contributed by atoms with Crippen LogP contribution in [0.2, 0.25) is 0 Å². The molecule has 0 aliphatic heterocycles. The van der Waals surface area contributed by atoms with E-state index in [4.69, 9.17) is 5.90 Å². The summed E-state index contributed by atoms with van der Waals surface area (Å²) in [5.74, 6) is 4.94. The average Bonchev–Trinajstić information content (AvgIpc) is 2.16. The first kappa shape index (κ1) is 12.9. The minimum Gasteiger partial charge on any atom is -0.304 e. The van der Waals surface area contributed by atoms with E-state index in [1.165, 1.54) is 6.07 Å². The molecule has 1 heterocycles. The lowest BCUT2D eigenvalue weighted by Gasteiger charge is -2.22. The number of halogens is 3. The molecule has 0 radical (unpaired) electrons. The highest BCUT2D eigenvalue weighted by molar-refractivity contribution is 5.21. The summed E-state index contributed by atoms with van der Waals surface area (Å²) in [7, 11) is 0. The van der Waals surface area contributed by atoms with Crippen LogP contribution in [0.15, 0.2) is 18.3 Å². The number of pyridine rings is 1. The summed E-state index contributed by atoms with van der Waals surface area (Å²) in [5, 5.41) is 0. The summed E-state index contributed by atoms with van der Waals surface area (Å²) in [6.07, 6.45) is -3.55. The zero-order chi connectivity index (χ0) is 12.4. The Balaban J connectivity index is 2.95. The fourth-order valence-corrected chi connectivity index (χ4v) is 1.24. The number of alkyl halides is 3. The highest BCUT2D eigenvalue weighted by Gasteiger charge is 2.31. The lowest BCUT2D eigenvalue weighted by Crippen LogP contribution is -2.27. The number of nitrogens with two attached hydrogens (primary N) is 1. The van der Waals surface area contributed by atoms with Crippen LogP contribution in [0.4, 0.5) is 13.2 Å². The molecular formula is C10H13F3N2O. The monoisotopic (exact) mass is 234 g/mol. The lowest BCUT2D eigenvalue weighted by molar-refractivity contribution is -0.137. The summed E-state index contributed by atoms with van der Waals surface area (Å²) >= 11 is 0. The number of nitrogens with zero attached hydrogens (tertiary/aromatic N) is 1. The number of hydrogen-bond donors (Lipinski definition) is 1. The summed E-state index contributed by atoms with van der Waals surface area (Å²) in [6, 6.07) is 2.34. The molecule has 0 unspecified atom stereocenters. The molecule has 2 N–H and O–H groups in total. The summed E-state index contributed by atoms with van der Waals surface area (Å²) in [4.78, 5) is 8.28. The van der Waals surface area contributed by atoms with Crippen molar-refractivity contribution in [2.45, 2.75) is 25.4 Å². The standard InChI is InChI=1S/C10H13F3N2O/c1-9(2,6-16-14)8-4-3-7(5-15-8)10(11,12)13/h3-5H,6,14H2,1-2H3. The third kappa shape index (κ3) is 2.93. The van der Waals surface area contributed by atoms with Gasteiger partial charge in [-0.1, -0.05) is 13.8 Å². The highest BCUT2D eigenvalue weighted by atomic mass is 19.4. The van der Waals surface area contributed by atoms with Crippen LogP contribution in [0.1, 0.15) is 25.1 Å². The maximum absolute atomic E-state index is 12.3. The smallest absolute Gasteiger partial charge is 0.304 e. The van der Waals surface area contributed by atoms with Gasteiger partial charge in [0, 0.05) is 17.3 Å². The van der Waals surface area contributed by atoms with Gasteiger partial charge in [0.05, 0.1) is 12.2 Å². The van der Waals surface area contributed by atoms with Crippen LogP contribution in [-0.2, 0) is 16.4 Å². The van der Waals surface area contributed by atoms with E-state index in [0.717, 1.165) is 12.3 Å². The molecule has 1 aromatic rings. The van der Waals surface area contributed by atoms with Gasteiger partial charge in [0.25, 0.3) is 0 Å². The van der Waals surface area contributed by atoms with Crippen LogP contribution in [-0.4, -0.2) is 11.6 Å². The van der Waals surface area contributed by atoms with Gasteiger partial charge in [-0.05, 0) is 12.1 Å². The van der Waals surface area contributed by atoms with Gasteiger partial charge in [-0.15, -0.1) is 0 Å². The first-order valence-corrected chi connectivity index (χ1v) is 4.63. The van der Waals surface area contributed by atoms with E-state index in [1.54, 1.807) is 13.8 Å². The van der Waals surface area contributed by atoms with Crippen LogP contribution in [0, 0.1) is 0 Å². The third-order valence-corrected chi connectivity index (χ3v) is 2.23.